The fraction of sp³-hybridized carbons (Fsp3) is 0.733. The Balaban J connectivity index is 2.72. The van der Waals surface area contributed by atoms with Crippen LogP contribution in [0, 0.1) is 0 Å². The first kappa shape index (κ1) is 17.3. The first-order chi connectivity index (χ1) is 9.42. The van der Waals surface area contributed by atoms with Crippen molar-refractivity contribution < 1.29 is 20.4 Å². The van der Waals surface area contributed by atoms with E-state index in [1.807, 2.05) is 26.8 Å². The van der Waals surface area contributed by atoms with Crippen molar-refractivity contribution in [1.82, 2.24) is 4.90 Å². The van der Waals surface area contributed by atoms with Crippen molar-refractivity contribution >= 4 is 0 Å². The SMILES string of the molecule is CC(C)=CCC(C)=CCN1C(CO)C(O)C(O)C1CO. The molecule has 0 radical (unpaired) electrons. The van der Waals surface area contributed by atoms with Crippen molar-refractivity contribution in [2.24, 2.45) is 0 Å². The average Bonchev–Trinajstić information content (AvgIpc) is 2.65. The van der Waals surface area contributed by atoms with E-state index in [4.69, 9.17) is 0 Å². The minimum Gasteiger partial charge on any atom is -0.395 e. The number of likely N-dealkylation sites (tertiary alicyclic amines) is 1. The summed E-state index contributed by atoms with van der Waals surface area (Å²) in [5, 5.41) is 38.5. The molecule has 5 nitrogen and oxygen atoms in total. The first-order valence-corrected chi connectivity index (χ1v) is 7.05. The third-order valence-electron chi connectivity index (χ3n) is 3.85. The summed E-state index contributed by atoms with van der Waals surface area (Å²) in [4.78, 5) is 1.77. The number of aliphatic hydroxyl groups is 4. The van der Waals surface area contributed by atoms with Crippen molar-refractivity contribution in [2.45, 2.75) is 51.5 Å². The van der Waals surface area contributed by atoms with Gasteiger partial charge in [-0.05, 0) is 27.2 Å². The van der Waals surface area contributed by atoms with E-state index in [9.17, 15) is 20.4 Å². The van der Waals surface area contributed by atoms with Crippen molar-refractivity contribution in [1.29, 1.82) is 0 Å². The van der Waals surface area contributed by atoms with E-state index in [1.54, 1.807) is 4.90 Å². The Morgan fingerprint density at radius 2 is 1.45 bits per heavy atom. The van der Waals surface area contributed by atoms with E-state index in [0.717, 1.165) is 6.42 Å². The molecule has 116 valence electrons. The Morgan fingerprint density at radius 3 is 1.85 bits per heavy atom. The standard InChI is InChI=1S/C15H27NO4/c1-10(2)4-5-11(3)6-7-16-12(8-17)14(19)15(20)13(16)9-18/h4,6,12-15,17-20H,5,7-9H2,1-3H3. The molecule has 4 atom stereocenters. The van der Waals surface area contributed by atoms with Gasteiger partial charge in [0.2, 0.25) is 0 Å². The number of hydrogen-bond donors (Lipinski definition) is 4. The predicted octanol–water partition coefficient (Wildman–Crippen LogP) is 0.0482. The molecular weight excluding hydrogens is 258 g/mol. The molecule has 0 bridgehead atoms. The van der Waals surface area contributed by atoms with Crippen LogP contribution in [0.5, 0.6) is 0 Å². The lowest BCUT2D eigenvalue weighted by Gasteiger charge is -2.27. The molecule has 1 aliphatic heterocycles. The molecule has 4 N–H and O–H groups in total. The van der Waals surface area contributed by atoms with Gasteiger partial charge >= 0.3 is 0 Å². The lowest BCUT2D eigenvalue weighted by molar-refractivity contribution is 0.0130. The normalized spacial score (nSPS) is 31.6. The third kappa shape index (κ3) is 4.14. The zero-order valence-electron chi connectivity index (χ0n) is 12.5. The topological polar surface area (TPSA) is 84.2 Å². The summed E-state index contributed by atoms with van der Waals surface area (Å²) in [5.74, 6) is 0. The van der Waals surface area contributed by atoms with E-state index in [2.05, 4.69) is 6.08 Å². The van der Waals surface area contributed by atoms with Crippen LogP contribution in [-0.2, 0) is 0 Å². The zero-order valence-corrected chi connectivity index (χ0v) is 12.5. The van der Waals surface area contributed by atoms with Gasteiger partial charge in [0.1, 0.15) is 0 Å². The predicted molar refractivity (Wildman–Crippen MR) is 78.3 cm³/mol. The molecule has 1 saturated heterocycles. The largest absolute Gasteiger partial charge is 0.395 e. The molecule has 1 rings (SSSR count). The molecule has 5 heteroatoms. The van der Waals surface area contributed by atoms with Gasteiger partial charge in [-0.2, -0.15) is 0 Å². The first-order valence-electron chi connectivity index (χ1n) is 7.05. The molecule has 0 spiro atoms. The van der Waals surface area contributed by atoms with Crippen molar-refractivity contribution in [3.05, 3.63) is 23.3 Å². The molecule has 0 aliphatic carbocycles. The summed E-state index contributed by atoms with van der Waals surface area (Å²) >= 11 is 0. The zero-order chi connectivity index (χ0) is 15.3. The van der Waals surface area contributed by atoms with E-state index < -0.39 is 24.3 Å². The average molecular weight is 285 g/mol. The minimum absolute atomic E-state index is 0.240. The summed E-state index contributed by atoms with van der Waals surface area (Å²) < 4.78 is 0. The summed E-state index contributed by atoms with van der Waals surface area (Å²) in [6, 6.07) is -1.07. The molecule has 4 unspecified atom stereocenters. The van der Waals surface area contributed by atoms with E-state index in [1.165, 1.54) is 11.1 Å². The van der Waals surface area contributed by atoms with Gasteiger partial charge in [0.15, 0.2) is 0 Å². The van der Waals surface area contributed by atoms with Crippen LogP contribution >= 0.6 is 0 Å². The molecule has 0 aromatic rings. The maximum atomic E-state index is 9.88. The highest BCUT2D eigenvalue weighted by atomic mass is 16.3. The molecule has 0 aromatic carbocycles. The minimum atomic E-state index is -1.02. The van der Waals surface area contributed by atoms with Gasteiger partial charge in [-0.3, -0.25) is 4.90 Å². The fourth-order valence-corrected chi connectivity index (χ4v) is 2.50. The highest BCUT2D eigenvalue weighted by Crippen LogP contribution is 2.25. The lowest BCUT2D eigenvalue weighted by atomic mass is 10.1. The molecule has 1 fully saturated rings. The summed E-state index contributed by atoms with van der Waals surface area (Å²) in [6.07, 6.45) is 2.95. The summed E-state index contributed by atoms with van der Waals surface area (Å²) in [6.45, 7) is 6.12. The van der Waals surface area contributed by atoms with Crippen LogP contribution in [0.15, 0.2) is 23.3 Å². The van der Waals surface area contributed by atoms with E-state index >= 15 is 0 Å². The van der Waals surface area contributed by atoms with Gasteiger partial charge in [0, 0.05) is 6.54 Å². The Labute approximate surface area is 120 Å². The van der Waals surface area contributed by atoms with Gasteiger partial charge in [-0.15, -0.1) is 0 Å². The summed E-state index contributed by atoms with van der Waals surface area (Å²) in [5.41, 5.74) is 2.43. The second kappa shape index (κ2) is 7.90. The Morgan fingerprint density at radius 1 is 0.950 bits per heavy atom. The van der Waals surface area contributed by atoms with Gasteiger partial charge in [-0.1, -0.05) is 23.3 Å². The van der Waals surface area contributed by atoms with Crippen LogP contribution in [0.25, 0.3) is 0 Å². The molecule has 1 aliphatic rings. The van der Waals surface area contributed by atoms with Gasteiger partial charge in [0.25, 0.3) is 0 Å². The van der Waals surface area contributed by atoms with Crippen LogP contribution in [-0.4, -0.2) is 69.4 Å². The van der Waals surface area contributed by atoms with Crippen molar-refractivity contribution in [3.63, 3.8) is 0 Å². The monoisotopic (exact) mass is 285 g/mol. The fourth-order valence-electron chi connectivity index (χ4n) is 2.50. The molecule has 0 amide bonds. The van der Waals surface area contributed by atoms with Gasteiger partial charge < -0.3 is 20.4 Å². The number of aliphatic hydroxyl groups excluding tert-OH is 4. The molecule has 0 saturated carbocycles. The Kier molecular flexibility index (Phi) is 6.85. The van der Waals surface area contributed by atoms with E-state index in [-0.39, 0.29) is 13.2 Å². The van der Waals surface area contributed by atoms with Crippen LogP contribution in [0.4, 0.5) is 0 Å². The molecule has 0 aromatic heterocycles. The van der Waals surface area contributed by atoms with Crippen LogP contribution in [0.1, 0.15) is 27.2 Å². The Hall–Kier alpha value is -0.720. The van der Waals surface area contributed by atoms with Crippen molar-refractivity contribution in [2.75, 3.05) is 19.8 Å². The Bertz CT molecular complexity index is 347. The van der Waals surface area contributed by atoms with E-state index in [0.29, 0.717) is 6.54 Å². The number of nitrogens with zero attached hydrogens (tertiary/aromatic N) is 1. The number of hydrogen-bond acceptors (Lipinski definition) is 5. The number of rotatable bonds is 6. The summed E-state index contributed by atoms with van der Waals surface area (Å²) in [7, 11) is 0. The molecular formula is C15H27NO4. The highest BCUT2D eigenvalue weighted by molar-refractivity contribution is 5.10. The second-order valence-electron chi connectivity index (χ2n) is 5.71. The highest BCUT2D eigenvalue weighted by Gasteiger charge is 2.46. The van der Waals surface area contributed by atoms with Crippen LogP contribution < -0.4 is 0 Å². The smallest absolute Gasteiger partial charge is 0.0992 e. The lowest BCUT2D eigenvalue weighted by Crippen LogP contribution is -2.43. The molecule has 20 heavy (non-hydrogen) atoms. The quantitative estimate of drug-likeness (QED) is 0.518. The molecule has 1 heterocycles. The maximum absolute atomic E-state index is 9.88. The number of allylic oxidation sites excluding steroid dienone is 3. The van der Waals surface area contributed by atoms with Crippen LogP contribution in [0.2, 0.25) is 0 Å². The van der Waals surface area contributed by atoms with Gasteiger partial charge in [0.05, 0.1) is 37.5 Å². The van der Waals surface area contributed by atoms with Crippen molar-refractivity contribution in [3.8, 4) is 0 Å². The van der Waals surface area contributed by atoms with Gasteiger partial charge in [-0.25, -0.2) is 0 Å². The second-order valence-corrected chi connectivity index (χ2v) is 5.71. The van der Waals surface area contributed by atoms with Crippen LogP contribution in [0.3, 0.4) is 0 Å². The maximum Gasteiger partial charge on any atom is 0.0992 e. The third-order valence-corrected chi connectivity index (χ3v) is 3.85.